The first-order valence-electron chi connectivity index (χ1n) is 3.35. The van der Waals surface area contributed by atoms with Crippen molar-refractivity contribution in [1.29, 1.82) is 0 Å². The minimum absolute atomic E-state index is 0.204. The molecule has 0 aliphatic rings. The fraction of sp³-hybridized carbons (Fsp3) is 0. The van der Waals surface area contributed by atoms with Crippen LogP contribution in [0.25, 0.3) is 5.65 Å². The molecular weight excluding hydrogens is 176 g/mol. The molecule has 0 spiro atoms. The zero-order valence-electron chi connectivity index (χ0n) is 6.26. The largest absolute Gasteiger partial charge is 0.476 e. The Morgan fingerprint density at radius 1 is 1.62 bits per heavy atom. The van der Waals surface area contributed by atoms with E-state index in [9.17, 15) is 9.59 Å². The Balaban J connectivity index is 2.83. The van der Waals surface area contributed by atoms with Crippen LogP contribution in [-0.2, 0) is 0 Å². The SMILES string of the molecule is O=C(O)c1cc2nc[nH]c(=O)n2n1. The minimum Gasteiger partial charge on any atom is -0.476 e. The average Bonchev–Trinajstić information content (AvgIpc) is 2.49. The van der Waals surface area contributed by atoms with Gasteiger partial charge in [-0.3, -0.25) is 4.98 Å². The molecular formula is C6H4N4O3. The van der Waals surface area contributed by atoms with Gasteiger partial charge in [0.15, 0.2) is 11.3 Å². The number of H-pyrrole nitrogens is 1. The number of aromatic nitrogens is 4. The molecule has 0 aliphatic heterocycles. The van der Waals surface area contributed by atoms with Crippen molar-refractivity contribution in [3.63, 3.8) is 0 Å². The highest BCUT2D eigenvalue weighted by Gasteiger charge is 2.10. The first kappa shape index (κ1) is 7.47. The lowest BCUT2D eigenvalue weighted by Gasteiger charge is -1.86. The number of carboxylic acid groups (broad SMARTS) is 1. The third-order valence-corrected chi connectivity index (χ3v) is 1.49. The van der Waals surface area contributed by atoms with E-state index in [-0.39, 0.29) is 11.3 Å². The van der Waals surface area contributed by atoms with E-state index in [1.54, 1.807) is 0 Å². The summed E-state index contributed by atoms with van der Waals surface area (Å²) < 4.78 is 0.892. The number of rotatable bonds is 1. The van der Waals surface area contributed by atoms with E-state index in [0.29, 0.717) is 0 Å². The number of nitrogens with zero attached hydrogens (tertiary/aromatic N) is 3. The average molecular weight is 180 g/mol. The molecule has 2 aromatic heterocycles. The maximum atomic E-state index is 11.0. The second kappa shape index (κ2) is 2.41. The Hall–Kier alpha value is -2.18. The van der Waals surface area contributed by atoms with E-state index >= 15 is 0 Å². The van der Waals surface area contributed by atoms with Crippen LogP contribution in [0.5, 0.6) is 0 Å². The fourth-order valence-corrected chi connectivity index (χ4v) is 0.932. The molecule has 66 valence electrons. The lowest BCUT2D eigenvalue weighted by atomic mass is 10.4. The Morgan fingerprint density at radius 2 is 2.38 bits per heavy atom. The molecule has 0 bridgehead atoms. The zero-order valence-corrected chi connectivity index (χ0v) is 6.26. The highest BCUT2D eigenvalue weighted by Crippen LogP contribution is 1.98. The molecule has 0 saturated carbocycles. The fourth-order valence-electron chi connectivity index (χ4n) is 0.932. The Bertz CT molecular complexity index is 526. The summed E-state index contributed by atoms with van der Waals surface area (Å²) in [4.78, 5) is 27.5. The molecule has 2 rings (SSSR count). The van der Waals surface area contributed by atoms with E-state index in [2.05, 4.69) is 15.1 Å². The molecule has 0 aromatic carbocycles. The van der Waals surface area contributed by atoms with Crippen LogP contribution in [-0.4, -0.2) is 30.7 Å². The summed E-state index contributed by atoms with van der Waals surface area (Å²) in [7, 11) is 0. The van der Waals surface area contributed by atoms with Crippen LogP contribution in [0.3, 0.4) is 0 Å². The number of carboxylic acids is 1. The van der Waals surface area contributed by atoms with Crippen molar-refractivity contribution in [1.82, 2.24) is 19.6 Å². The highest BCUT2D eigenvalue weighted by atomic mass is 16.4. The van der Waals surface area contributed by atoms with E-state index in [1.165, 1.54) is 12.4 Å². The number of aromatic carboxylic acids is 1. The van der Waals surface area contributed by atoms with Gasteiger partial charge >= 0.3 is 11.7 Å². The normalized spacial score (nSPS) is 10.5. The van der Waals surface area contributed by atoms with Crippen LogP contribution in [0, 0.1) is 0 Å². The van der Waals surface area contributed by atoms with Crippen LogP contribution in [0.2, 0.25) is 0 Å². The molecule has 7 nitrogen and oxygen atoms in total. The van der Waals surface area contributed by atoms with Crippen molar-refractivity contribution in [3.8, 4) is 0 Å². The van der Waals surface area contributed by atoms with Crippen molar-refractivity contribution in [2.45, 2.75) is 0 Å². The van der Waals surface area contributed by atoms with Gasteiger partial charge in [-0.25, -0.2) is 14.6 Å². The Morgan fingerprint density at radius 3 is 3.00 bits per heavy atom. The molecule has 0 fully saturated rings. The third kappa shape index (κ3) is 1.06. The van der Waals surface area contributed by atoms with Crippen LogP contribution in [0.4, 0.5) is 0 Å². The van der Waals surface area contributed by atoms with Gasteiger partial charge < -0.3 is 5.11 Å². The van der Waals surface area contributed by atoms with Crippen molar-refractivity contribution in [2.75, 3.05) is 0 Å². The molecule has 0 unspecified atom stereocenters. The number of hydrogen-bond donors (Lipinski definition) is 2. The van der Waals surface area contributed by atoms with E-state index < -0.39 is 11.7 Å². The summed E-state index contributed by atoms with van der Waals surface area (Å²) in [6.45, 7) is 0. The molecule has 13 heavy (non-hydrogen) atoms. The van der Waals surface area contributed by atoms with Gasteiger partial charge in [-0.05, 0) is 0 Å². The van der Waals surface area contributed by atoms with Crippen molar-refractivity contribution >= 4 is 11.6 Å². The van der Waals surface area contributed by atoms with Gasteiger partial charge in [-0.15, -0.1) is 0 Å². The van der Waals surface area contributed by atoms with Crippen LogP contribution in [0.15, 0.2) is 17.2 Å². The maximum Gasteiger partial charge on any atom is 0.356 e. The van der Waals surface area contributed by atoms with E-state index in [4.69, 9.17) is 5.11 Å². The quantitative estimate of drug-likeness (QED) is 0.593. The molecule has 7 heteroatoms. The number of fused-ring (bicyclic) bond motifs is 1. The number of hydrogen-bond acceptors (Lipinski definition) is 4. The monoisotopic (exact) mass is 180 g/mol. The minimum atomic E-state index is -1.19. The van der Waals surface area contributed by atoms with Gasteiger partial charge in [0.05, 0.1) is 6.33 Å². The number of nitrogens with one attached hydrogen (secondary N) is 1. The molecule has 2 aromatic rings. The Labute approximate surface area is 70.7 Å². The summed E-state index contributed by atoms with van der Waals surface area (Å²) in [5, 5.41) is 12.1. The van der Waals surface area contributed by atoms with E-state index in [0.717, 1.165) is 4.52 Å². The molecule has 2 N–H and O–H groups in total. The van der Waals surface area contributed by atoms with Crippen molar-refractivity contribution in [2.24, 2.45) is 0 Å². The van der Waals surface area contributed by atoms with Gasteiger partial charge in [0.25, 0.3) is 0 Å². The lowest BCUT2D eigenvalue weighted by molar-refractivity contribution is 0.0690. The standard InChI is InChI=1S/C6H4N4O3/c11-5(12)3-1-4-7-2-8-6(13)10(4)9-3/h1-2H,(H,11,12)(H,7,8,13). The molecule has 0 aliphatic carbocycles. The zero-order chi connectivity index (χ0) is 9.42. The predicted molar refractivity (Wildman–Crippen MR) is 40.6 cm³/mol. The first-order chi connectivity index (χ1) is 6.18. The molecule has 0 amide bonds. The summed E-state index contributed by atoms with van der Waals surface area (Å²) in [5.74, 6) is -1.19. The molecule has 0 atom stereocenters. The molecule has 0 saturated heterocycles. The summed E-state index contributed by atoms with van der Waals surface area (Å²) in [5.41, 5.74) is -0.511. The highest BCUT2D eigenvalue weighted by molar-refractivity contribution is 5.86. The maximum absolute atomic E-state index is 11.0. The van der Waals surface area contributed by atoms with Gasteiger partial charge in [0, 0.05) is 6.07 Å². The van der Waals surface area contributed by atoms with Gasteiger partial charge in [-0.1, -0.05) is 0 Å². The molecule has 0 radical (unpaired) electrons. The second-order valence-corrected chi connectivity index (χ2v) is 2.31. The van der Waals surface area contributed by atoms with Crippen molar-refractivity contribution in [3.05, 3.63) is 28.6 Å². The smallest absolute Gasteiger partial charge is 0.356 e. The number of aromatic amines is 1. The first-order valence-corrected chi connectivity index (χ1v) is 3.35. The van der Waals surface area contributed by atoms with Crippen LogP contribution < -0.4 is 5.69 Å². The summed E-state index contributed by atoms with van der Waals surface area (Å²) in [6, 6.07) is 1.22. The summed E-state index contributed by atoms with van der Waals surface area (Å²) in [6.07, 6.45) is 1.19. The third-order valence-electron chi connectivity index (χ3n) is 1.49. The van der Waals surface area contributed by atoms with Crippen LogP contribution >= 0.6 is 0 Å². The Kier molecular flexibility index (Phi) is 1.38. The lowest BCUT2D eigenvalue weighted by Crippen LogP contribution is -2.17. The second-order valence-electron chi connectivity index (χ2n) is 2.31. The van der Waals surface area contributed by atoms with Gasteiger partial charge in [-0.2, -0.15) is 9.61 Å². The van der Waals surface area contributed by atoms with Gasteiger partial charge in [0.2, 0.25) is 0 Å². The summed E-state index contributed by atoms with van der Waals surface area (Å²) >= 11 is 0. The topological polar surface area (TPSA) is 100 Å². The molecule has 2 heterocycles. The number of carbonyl (C=O) groups is 1. The van der Waals surface area contributed by atoms with Crippen LogP contribution in [0.1, 0.15) is 10.5 Å². The van der Waals surface area contributed by atoms with Gasteiger partial charge in [0.1, 0.15) is 0 Å². The van der Waals surface area contributed by atoms with E-state index in [1.807, 2.05) is 0 Å². The predicted octanol–water partition coefficient (Wildman–Crippen LogP) is -0.884. The van der Waals surface area contributed by atoms with Crippen molar-refractivity contribution < 1.29 is 9.90 Å².